The fourth-order valence-corrected chi connectivity index (χ4v) is 3.18. The number of nitrogens with zero attached hydrogens (tertiary/aromatic N) is 2. The summed E-state index contributed by atoms with van der Waals surface area (Å²) in [7, 11) is 1.63. The lowest BCUT2D eigenvalue weighted by Gasteiger charge is -2.22. The van der Waals surface area contributed by atoms with Crippen molar-refractivity contribution in [1.82, 2.24) is 9.78 Å². The van der Waals surface area contributed by atoms with Gasteiger partial charge in [-0.3, -0.25) is 4.79 Å². The highest BCUT2D eigenvalue weighted by molar-refractivity contribution is 5.94. The minimum atomic E-state index is -0.631. The van der Waals surface area contributed by atoms with Crippen molar-refractivity contribution in [3.63, 3.8) is 0 Å². The Bertz CT molecular complexity index is 992. The van der Waals surface area contributed by atoms with E-state index < -0.39 is 6.10 Å². The second kappa shape index (κ2) is 8.46. The van der Waals surface area contributed by atoms with Crippen LogP contribution in [0.1, 0.15) is 5.56 Å². The molecule has 1 saturated heterocycles. The second-order valence-electron chi connectivity index (χ2n) is 6.82. The van der Waals surface area contributed by atoms with Gasteiger partial charge in [-0.05, 0) is 48.9 Å². The van der Waals surface area contributed by atoms with Crippen LogP contribution in [0.15, 0.2) is 54.6 Å². The molecule has 1 aliphatic rings. The van der Waals surface area contributed by atoms with Crippen molar-refractivity contribution in [3.05, 3.63) is 60.2 Å². The minimum absolute atomic E-state index is 0.246. The third-order valence-corrected chi connectivity index (χ3v) is 4.70. The van der Waals surface area contributed by atoms with Crippen molar-refractivity contribution < 1.29 is 19.0 Å². The van der Waals surface area contributed by atoms with Crippen molar-refractivity contribution in [1.29, 1.82) is 0 Å². The summed E-state index contributed by atoms with van der Waals surface area (Å²) in [5, 5.41) is 7.68. The molecule has 0 bridgehead atoms. The number of hydrogen-bond acceptors (Lipinski definition) is 5. The van der Waals surface area contributed by atoms with E-state index in [1.165, 1.54) is 0 Å². The highest BCUT2D eigenvalue weighted by Crippen LogP contribution is 2.27. The molecule has 0 aliphatic carbocycles. The number of carbonyl (C=O) groups is 1. The van der Waals surface area contributed by atoms with Crippen molar-refractivity contribution in [2.75, 3.05) is 32.2 Å². The Morgan fingerprint density at radius 1 is 1.17 bits per heavy atom. The van der Waals surface area contributed by atoms with Gasteiger partial charge in [-0.1, -0.05) is 12.1 Å². The monoisotopic (exact) mass is 393 g/mol. The summed E-state index contributed by atoms with van der Waals surface area (Å²) in [5.41, 5.74) is 3.63. The van der Waals surface area contributed by atoms with Crippen LogP contribution in [0.4, 0.5) is 5.82 Å². The lowest BCUT2D eigenvalue weighted by molar-refractivity contribution is -0.142. The summed E-state index contributed by atoms with van der Waals surface area (Å²) in [4.78, 5) is 12.7. The van der Waals surface area contributed by atoms with Crippen molar-refractivity contribution in [2.45, 2.75) is 13.0 Å². The predicted octanol–water partition coefficient (Wildman–Crippen LogP) is 3.21. The Hall–Kier alpha value is -3.16. The highest BCUT2D eigenvalue weighted by Gasteiger charge is 2.24. The molecule has 1 N–H and O–H groups in total. The smallest absolute Gasteiger partial charge is 0.257 e. The lowest BCUT2D eigenvalue weighted by atomic mass is 10.1. The number of aromatic nitrogens is 2. The third-order valence-electron chi connectivity index (χ3n) is 4.70. The average molecular weight is 393 g/mol. The fraction of sp³-hybridized carbons (Fsp3) is 0.273. The number of ether oxygens (including phenoxy) is 3. The number of methoxy groups -OCH3 is 1. The SMILES string of the molecule is COc1ccc(-c2cc(NC(=O)[C@H]3COCCO3)n(-c3cccc(C)c3)n2)cc1. The van der Waals surface area contributed by atoms with E-state index in [4.69, 9.17) is 19.3 Å². The van der Waals surface area contributed by atoms with Crippen LogP contribution in [0.2, 0.25) is 0 Å². The molecule has 0 unspecified atom stereocenters. The number of aryl methyl sites for hydroxylation is 1. The van der Waals surface area contributed by atoms with Crippen molar-refractivity contribution >= 4 is 11.7 Å². The molecule has 1 aromatic heterocycles. The zero-order valence-electron chi connectivity index (χ0n) is 16.4. The first-order chi connectivity index (χ1) is 14.1. The summed E-state index contributed by atoms with van der Waals surface area (Å²) < 4.78 is 17.8. The van der Waals surface area contributed by atoms with Gasteiger partial charge in [0.1, 0.15) is 11.6 Å². The van der Waals surface area contributed by atoms with Gasteiger partial charge in [-0.15, -0.1) is 0 Å². The first kappa shape index (κ1) is 19.2. The molecule has 3 aromatic rings. The van der Waals surface area contributed by atoms with Crippen LogP contribution in [0.5, 0.6) is 5.75 Å². The van der Waals surface area contributed by atoms with Crippen LogP contribution in [-0.2, 0) is 14.3 Å². The van der Waals surface area contributed by atoms with Crippen LogP contribution in [0.3, 0.4) is 0 Å². The molecule has 0 radical (unpaired) electrons. The van der Waals surface area contributed by atoms with Gasteiger partial charge < -0.3 is 19.5 Å². The van der Waals surface area contributed by atoms with E-state index in [1.807, 2.05) is 61.5 Å². The van der Waals surface area contributed by atoms with Gasteiger partial charge in [0.2, 0.25) is 0 Å². The molecule has 4 rings (SSSR count). The third kappa shape index (κ3) is 4.31. The van der Waals surface area contributed by atoms with E-state index in [9.17, 15) is 4.79 Å². The molecule has 1 atom stereocenters. The maximum Gasteiger partial charge on any atom is 0.257 e. The Labute approximate surface area is 169 Å². The molecule has 7 nitrogen and oxygen atoms in total. The van der Waals surface area contributed by atoms with Gasteiger partial charge in [0.25, 0.3) is 5.91 Å². The molecule has 150 valence electrons. The van der Waals surface area contributed by atoms with Crippen molar-refractivity contribution in [2.24, 2.45) is 0 Å². The minimum Gasteiger partial charge on any atom is -0.497 e. The Kier molecular flexibility index (Phi) is 5.59. The van der Waals surface area contributed by atoms with E-state index in [0.29, 0.717) is 19.0 Å². The van der Waals surface area contributed by atoms with E-state index >= 15 is 0 Å². The fourth-order valence-electron chi connectivity index (χ4n) is 3.18. The number of carbonyl (C=O) groups excluding carboxylic acids is 1. The number of hydrogen-bond donors (Lipinski definition) is 1. The van der Waals surface area contributed by atoms with Crippen LogP contribution in [0.25, 0.3) is 16.9 Å². The first-order valence-electron chi connectivity index (χ1n) is 9.46. The van der Waals surface area contributed by atoms with Gasteiger partial charge in [0, 0.05) is 11.6 Å². The van der Waals surface area contributed by atoms with Gasteiger partial charge in [-0.25, -0.2) is 4.68 Å². The number of nitrogens with one attached hydrogen (secondary N) is 1. The average Bonchev–Trinajstić information content (AvgIpc) is 3.18. The number of anilines is 1. The molecule has 2 aromatic carbocycles. The molecule has 0 saturated carbocycles. The van der Waals surface area contributed by atoms with E-state index in [2.05, 4.69) is 5.32 Å². The van der Waals surface area contributed by atoms with Gasteiger partial charge in [0.05, 0.1) is 38.3 Å². The Morgan fingerprint density at radius 2 is 2.00 bits per heavy atom. The first-order valence-corrected chi connectivity index (χ1v) is 9.46. The largest absolute Gasteiger partial charge is 0.497 e. The summed E-state index contributed by atoms with van der Waals surface area (Å²) in [5.74, 6) is 1.09. The molecule has 2 heterocycles. The maximum absolute atomic E-state index is 12.7. The molecule has 7 heteroatoms. The van der Waals surface area contributed by atoms with Gasteiger partial charge >= 0.3 is 0 Å². The molecule has 0 spiro atoms. The topological polar surface area (TPSA) is 74.6 Å². The van der Waals surface area contributed by atoms with Gasteiger partial charge in [0.15, 0.2) is 6.10 Å². The quantitative estimate of drug-likeness (QED) is 0.721. The van der Waals surface area contributed by atoms with E-state index in [0.717, 1.165) is 28.3 Å². The maximum atomic E-state index is 12.7. The number of benzene rings is 2. The summed E-state index contributed by atoms with van der Waals surface area (Å²) >= 11 is 0. The Morgan fingerprint density at radius 3 is 2.69 bits per heavy atom. The normalized spacial score (nSPS) is 16.4. The molecule has 1 fully saturated rings. The summed E-state index contributed by atoms with van der Waals surface area (Å²) in [6.45, 7) is 3.18. The van der Waals surface area contributed by atoms with E-state index in [1.54, 1.807) is 11.8 Å². The molecule has 29 heavy (non-hydrogen) atoms. The zero-order valence-corrected chi connectivity index (χ0v) is 16.4. The predicted molar refractivity (Wildman–Crippen MR) is 109 cm³/mol. The second-order valence-corrected chi connectivity index (χ2v) is 6.82. The van der Waals surface area contributed by atoms with E-state index in [-0.39, 0.29) is 12.5 Å². The lowest BCUT2D eigenvalue weighted by Crippen LogP contribution is -2.39. The van der Waals surface area contributed by atoms with Crippen LogP contribution in [0, 0.1) is 6.92 Å². The molecular weight excluding hydrogens is 370 g/mol. The molecular formula is C22H23N3O4. The number of rotatable bonds is 5. The van der Waals surface area contributed by atoms with Crippen LogP contribution in [-0.4, -0.2) is 48.7 Å². The van der Waals surface area contributed by atoms with Crippen LogP contribution < -0.4 is 10.1 Å². The highest BCUT2D eigenvalue weighted by atomic mass is 16.6. The standard InChI is InChI=1S/C22H23N3O4/c1-15-4-3-5-17(12-15)25-21(23-22(26)20-14-28-10-11-29-20)13-19(24-25)16-6-8-18(27-2)9-7-16/h3-9,12-13,20H,10-11,14H2,1-2H3,(H,23,26)/t20-/m1/s1. The number of amides is 1. The summed E-state index contributed by atoms with van der Waals surface area (Å²) in [6, 6.07) is 17.4. The summed E-state index contributed by atoms with van der Waals surface area (Å²) in [6.07, 6.45) is -0.631. The van der Waals surface area contributed by atoms with Crippen LogP contribution >= 0.6 is 0 Å². The van der Waals surface area contributed by atoms with Gasteiger partial charge in [-0.2, -0.15) is 5.10 Å². The Balaban J connectivity index is 1.69. The molecule has 1 amide bonds. The zero-order chi connectivity index (χ0) is 20.2. The van der Waals surface area contributed by atoms with Crippen molar-refractivity contribution in [3.8, 4) is 22.7 Å². The molecule has 1 aliphatic heterocycles.